The number of aromatic nitrogens is 2. The highest BCUT2D eigenvalue weighted by Gasteiger charge is 2.03. The quantitative estimate of drug-likeness (QED) is 0.656. The molecular weight excluding hydrogens is 292 g/mol. The van der Waals surface area contributed by atoms with E-state index in [4.69, 9.17) is 21.1 Å². The second-order valence-electron chi connectivity index (χ2n) is 3.95. The van der Waals surface area contributed by atoms with Crippen molar-refractivity contribution < 1.29 is 9.47 Å². The Balaban J connectivity index is 2.05. The highest BCUT2D eigenvalue weighted by Crippen LogP contribution is 2.27. The summed E-state index contributed by atoms with van der Waals surface area (Å²) in [7, 11) is 1.60. The Labute approximate surface area is 127 Å². The zero-order chi connectivity index (χ0) is 15.1. The summed E-state index contributed by atoms with van der Waals surface area (Å²) in [6.07, 6.45) is 1.65. The molecule has 0 saturated carbocycles. The van der Waals surface area contributed by atoms with Crippen molar-refractivity contribution in [2.45, 2.75) is 6.92 Å². The lowest BCUT2D eigenvalue weighted by molar-refractivity contribution is 0.311. The minimum absolute atomic E-state index is 0.334. The number of hydrogen-bond donors (Lipinski definition) is 1. The summed E-state index contributed by atoms with van der Waals surface area (Å²) in [4.78, 5) is 0. The van der Waals surface area contributed by atoms with E-state index >= 15 is 0 Å². The molecule has 1 aromatic carbocycles. The smallest absolute Gasteiger partial charge is 0.168 e. The van der Waals surface area contributed by atoms with Crippen molar-refractivity contribution in [3.63, 3.8) is 0 Å². The molecule has 0 bridgehead atoms. The second-order valence-corrected chi connectivity index (χ2v) is 4.34. The van der Waals surface area contributed by atoms with Gasteiger partial charge in [0.15, 0.2) is 22.5 Å². The van der Waals surface area contributed by atoms with Crippen LogP contribution in [-0.4, -0.2) is 30.1 Å². The number of ether oxygens (including phenoxy) is 2. The molecule has 1 aromatic heterocycles. The van der Waals surface area contributed by atoms with Gasteiger partial charge in [0.2, 0.25) is 0 Å². The Bertz CT molecular complexity index is 617. The highest BCUT2D eigenvalue weighted by atomic mass is 35.5. The standard InChI is InChI=1S/C14H15ClN4O2/c1-3-21-11-5-4-10(8-12(11)20-2)9-16-18-14-7-6-13(15)17-19-14/h4-9H,3H2,1-2H3,(H,18,19)/b16-9-. The van der Waals surface area contributed by atoms with Crippen molar-refractivity contribution in [2.24, 2.45) is 5.10 Å². The number of benzene rings is 1. The highest BCUT2D eigenvalue weighted by molar-refractivity contribution is 6.29. The summed E-state index contributed by atoms with van der Waals surface area (Å²) in [6, 6.07) is 8.87. The van der Waals surface area contributed by atoms with Gasteiger partial charge in [0.25, 0.3) is 0 Å². The van der Waals surface area contributed by atoms with Gasteiger partial charge in [-0.15, -0.1) is 10.2 Å². The normalized spacial score (nSPS) is 10.6. The molecule has 0 radical (unpaired) electrons. The molecular formula is C14H15ClN4O2. The van der Waals surface area contributed by atoms with Crippen molar-refractivity contribution in [3.05, 3.63) is 41.0 Å². The van der Waals surface area contributed by atoms with E-state index in [9.17, 15) is 0 Å². The Morgan fingerprint density at radius 1 is 1.24 bits per heavy atom. The van der Waals surface area contributed by atoms with E-state index < -0.39 is 0 Å². The molecule has 0 unspecified atom stereocenters. The molecule has 0 aliphatic carbocycles. The van der Waals surface area contributed by atoms with Crippen LogP contribution in [0.15, 0.2) is 35.4 Å². The van der Waals surface area contributed by atoms with E-state index in [1.165, 1.54) is 0 Å². The number of hydrogen-bond acceptors (Lipinski definition) is 6. The fraction of sp³-hybridized carbons (Fsp3) is 0.214. The Hall–Kier alpha value is -2.34. The van der Waals surface area contributed by atoms with Crippen LogP contribution in [0.4, 0.5) is 5.82 Å². The molecule has 0 saturated heterocycles. The fourth-order valence-corrected chi connectivity index (χ4v) is 1.69. The van der Waals surface area contributed by atoms with Gasteiger partial charge >= 0.3 is 0 Å². The molecule has 6 nitrogen and oxygen atoms in total. The van der Waals surface area contributed by atoms with Crippen molar-refractivity contribution in [1.82, 2.24) is 10.2 Å². The molecule has 0 aliphatic rings. The number of rotatable bonds is 6. The van der Waals surface area contributed by atoms with E-state index in [0.717, 1.165) is 5.56 Å². The molecule has 7 heteroatoms. The summed E-state index contributed by atoms with van der Waals surface area (Å²) in [5, 5.41) is 11.9. The number of nitrogens with one attached hydrogen (secondary N) is 1. The monoisotopic (exact) mass is 306 g/mol. The number of nitrogens with zero attached hydrogens (tertiary/aromatic N) is 3. The Kier molecular flexibility index (Phi) is 5.34. The van der Waals surface area contributed by atoms with E-state index in [1.54, 1.807) is 25.5 Å². The zero-order valence-corrected chi connectivity index (χ0v) is 12.5. The lowest BCUT2D eigenvalue weighted by atomic mass is 10.2. The van der Waals surface area contributed by atoms with Crippen molar-refractivity contribution in [3.8, 4) is 11.5 Å². The lowest BCUT2D eigenvalue weighted by Gasteiger charge is -2.09. The Morgan fingerprint density at radius 3 is 2.76 bits per heavy atom. The second kappa shape index (κ2) is 7.44. The molecule has 1 heterocycles. The molecule has 0 aliphatic heterocycles. The minimum Gasteiger partial charge on any atom is -0.493 e. The number of hydrazone groups is 1. The third-order valence-electron chi connectivity index (χ3n) is 2.51. The van der Waals surface area contributed by atoms with Crippen LogP contribution in [0.3, 0.4) is 0 Å². The molecule has 0 atom stereocenters. The third kappa shape index (κ3) is 4.32. The third-order valence-corrected chi connectivity index (χ3v) is 2.71. The van der Waals surface area contributed by atoms with Gasteiger partial charge in [-0.3, -0.25) is 5.43 Å². The Morgan fingerprint density at radius 2 is 2.10 bits per heavy atom. The summed E-state index contributed by atoms with van der Waals surface area (Å²) in [5.74, 6) is 1.87. The van der Waals surface area contributed by atoms with Crippen LogP contribution in [0.5, 0.6) is 11.5 Å². The van der Waals surface area contributed by atoms with Crippen molar-refractivity contribution >= 4 is 23.6 Å². The van der Waals surface area contributed by atoms with Crippen LogP contribution in [0.2, 0.25) is 5.15 Å². The maximum Gasteiger partial charge on any atom is 0.168 e. The predicted molar refractivity (Wildman–Crippen MR) is 82.4 cm³/mol. The van der Waals surface area contributed by atoms with Crippen LogP contribution in [0.25, 0.3) is 0 Å². The van der Waals surface area contributed by atoms with Crippen molar-refractivity contribution in [2.75, 3.05) is 19.1 Å². The molecule has 0 amide bonds. The topological polar surface area (TPSA) is 68.6 Å². The summed E-state index contributed by atoms with van der Waals surface area (Å²) in [5.41, 5.74) is 3.63. The van der Waals surface area contributed by atoms with Gasteiger partial charge in [-0.05, 0) is 42.8 Å². The van der Waals surface area contributed by atoms with Crippen LogP contribution in [0.1, 0.15) is 12.5 Å². The number of anilines is 1. The SMILES string of the molecule is CCOc1ccc(/C=N\Nc2ccc(Cl)nn2)cc1OC. The molecule has 110 valence electrons. The summed E-state index contributed by atoms with van der Waals surface area (Å²) < 4.78 is 10.7. The van der Waals surface area contributed by atoms with Crippen LogP contribution < -0.4 is 14.9 Å². The first-order chi connectivity index (χ1) is 10.2. The van der Waals surface area contributed by atoms with E-state index in [-0.39, 0.29) is 0 Å². The zero-order valence-electron chi connectivity index (χ0n) is 11.7. The number of halogens is 1. The average Bonchev–Trinajstić information content (AvgIpc) is 2.51. The van der Waals surface area contributed by atoms with E-state index in [1.807, 2.05) is 25.1 Å². The van der Waals surface area contributed by atoms with Crippen LogP contribution >= 0.6 is 11.6 Å². The van der Waals surface area contributed by atoms with Gasteiger partial charge < -0.3 is 9.47 Å². The first-order valence-electron chi connectivity index (χ1n) is 6.32. The average molecular weight is 307 g/mol. The molecule has 21 heavy (non-hydrogen) atoms. The number of methoxy groups -OCH3 is 1. The van der Waals surface area contributed by atoms with Gasteiger partial charge in [-0.1, -0.05) is 11.6 Å². The predicted octanol–water partition coefficient (Wildman–Crippen LogP) is 2.98. The molecule has 0 fully saturated rings. The first-order valence-corrected chi connectivity index (χ1v) is 6.70. The fourth-order valence-electron chi connectivity index (χ4n) is 1.59. The van der Waals surface area contributed by atoms with Gasteiger partial charge in [0.1, 0.15) is 0 Å². The molecule has 2 rings (SSSR count). The van der Waals surface area contributed by atoms with Gasteiger partial charge in [0, 0.05) is 0 Å². The van der Waals surface area contributed by atoms with Crippen molar-refractivity contribution in [1.29, 1.82) is 0 Å². The van der Waals surface area contributed by atoms with E-state index in [0.29, 0.717) is 29.1 Å². The molecule has 2 aromatic rings. The lowest BCUT2D eigenvalue weighted by Crippen LogP contribution is -1.97. The summed E-state index contributed by atoms with van der Waals surface area (Å²) in [6.45, 7) is 2.51. The van der Waals surface area contributed by atoms with Gasteiger partial charge in [0.05, 0.1) is 19.9 Å². The van der Waals surface area contributed by atoms with Gasteiger partial charge in [-0.2, -0.15) is 5.10 Å². The minimum atomic E-state index is 0.334. The van der Waals surface area contributed by atoms with Crippen LogP contribution in [0, 0.1) is 0 Å². The first kappa shape index (κ1) is 15.1. The maximum absolute atomic E-state index is 5.65. The maximum atomic E-state index is 5.65. The molecule has 1 N–H and O–H groups in total. The summed E-state index contributed by atoms with van der Waals surface area (Å²) >= 11 is 5.65. The molecule has 0 spiro atoms. The van der Waals surface area contributed by atoms with E-state index in [2.05, 4.69) is 20.7 Å². The van der Waals surface area contributed by atoms with Crippen LogP contribution in [-0.2, 0) is 0 Å². The van der Waals surface area contributed by atoms with Gasteiger partial charge in [-0.25, -0.2) is 0 Å². The largest absolute Gasteiger partial charge is 0.493 e.